The molecule has 0 aliphatic carbocycles. The summed E-state index contributed by atoms with van der Waals surface area (Å²) in [5, 5.41) is 10.5. The van der Waals surface area contributed by atoms with Gasteiger partial charge >= 0.3 is 0 Å². The molecule has 2 heterocycles. The van der Waals surface area contributed by atoms with Crippen molar-refractivity contribution in [1.82, 2.24) is 15.3 Å². The van der Waals surface area contributed by atoms with E-state index in [0.29, 0.717) is 6.42 Å². The van der Waals surface area contributed by atoms with E-state index in [0.717, 1.165) is 37.4 Å². The zero-order valence-corrected chi connectivity index (χ0v) is 14.1. The zero-order chi connectivity index (χ0) is 17.5. The van der Waals surface area contributed by atoms with Crippen molar-refractivity contribution in [2.24, 2.45) is 5.92 Å². The lowest BCUT2D eigenvalue weighted by atomic mass is 9.94. The molecular weight excluding hydrogens is 314 g/mol. The maximum absolute atomic E-state index is 12.7. The Morgan fingerprint density at radius 2 is 1.88 bits per heavy atom. The van der Waals surface area contributed by atoms with Gasteiger partial charge in [-0.1, -0.05) is 30.3 Å². The number of carbonyl (C=O) groups is 1. The largest absolute Gasteiger partial charge is 0.349 e. The molecule has 1 atom stereocenters. The predicted molar refractivity (Wildman–Crippen MR) is 97.7 cm³/mol. The van der Waals surface area contributed by atoms with Gasteiger partial charge in [0.2, 0.25) is 11.9 Å². The van der Waals surface area contributed by atoms with Gasteiger partial charge in [0.15, 0.2) is 0 Å². The summed E-state index contributed by atoms with van der Waals surface area (Å²) in [5.41, 5.74) is 1.04. The first kappa shape index (κ1) is 17.1. The van der Waals surface area contributed by atoms with Gasteiger partial charge in [-0.3, -0.25) is 4.79 Å². The van der Waals surface area contributed by atoms with Gasteiger partial charge in [0, 0.05) is 37.8 Å². The molecule has 2 N–H and O–H groups in total. The summed E-state index contributed by atoms with van der Waals surface area (Å²) in [6.07, 6.45) is 6.91. The molecule has 1 unspecified atom stereocenters. The number of carbonyl (C=O) groups excluding carboxylic acids is 1. The van der Waals surface area contributed by atoms with E-state index < -0.39 is 0 Å². The average Bonchev–Trinajstić information content (AvgIpc) is 2.69. The molecule has 6 heteroatoms. The fraction of sp³-hybridized carbons (Fsp3) is 0.368. The van der Waals surface area contributed by atoms with Crippen LogP contribution in [0.5, 0.6) is 0 Å². The normalized spacial score (nSPS) is 16.2. The number of benzene rings is 1. The number of amides is 1. The minimum absolute atomic E-state index is 0.00286. The Morgan fingerprint density at radius 3 is 2.52 bits per heavy atom. The van der Waals surface area contributed by atoms with Crippen LogP contribution in [0.15, 0.2) is 48.8 Å². The van der Waals surface area contributed by atoms with Crippen LogP contribution in [0.4, 0.5) is 5.95 Å². The van der Waals surface area contributed by atoms with Gasteiger partial charge in [0.05, 0.1) is 6.04 Å². The number of anilines is 1. The van der Waals surface area contributed by atoms with E-state index in [4.69, 9.17) is 5.41 Å². The first-order valence-corrected chi connectivity index (χ1v) is 8.64. The van der Waals surface area contributed by atoms with E-state index in [-0.39, 0.29) is 17.9 Å². The number of aromatic nitrogens is 2. The van der Waals surface area contributed by atoms with Crippen molar-refractivity contribution < 1.29 is 4.79 Å². The molecule has 1 aromatic carbocycles. The Bertz CT molecular complexity index is 683. The standard InChI is InChI=1S/C19H23N5O/c20-10-7-17(15-5-2-1-3-6-15)23-18(25)16-8-13-24(14-9-16)19-21-11-4-12-22-19/h1-6,10-12,16-17,20H,7-9,13-14H2,(H,23,25). The monoisotopic (exact) mass is 337 g/mol. The van der Waals surface area contributed by atoms with Crippen LogP contribution in [-0.2, 0) is 4.79 Å². The molecule has 1 aliphatic heterocycles. The third-order valence-electron chi connectivity index (χ3n) is 4.57. The SMILES string of the molecule is N=CCC(NC(=O)C1CCN(c2ncccn2)CC1)c1ccccc1. The predicted octanol–water partition coefficient (Wildman–Crippen LogP) is 2.59. The van der Waals surface area contributed by atoms with E-state index in [2.05, 4.69) is 20.2 Å². The van der Waals surface area contributed by atoms with Crippen LogP contribution in [0.3, 0.4) is 0 Å². The summed E-state index contributed by atoms with van der Waals surface area (Å²) in [6, 6.07) is 11.5. The van der Waals surface area contributed by atoms with Crippen molar-refractivity contribution >= 4 is 18.1 Å². The van der Waals surface area contributed by atoms with Gasteiger partial charge in [-0.25, -0.2) is 9.97 Å². The minimum Gasteiger partial charge on any atom is -0.349 e. The molecule has 1 aromatic heterocycles. The van der Waals surface area contributed by atoms with Crippen molar-refractivity contribution in [2.45, 2.75) is 25.3 Å². The van der Waals surface area contributed by atoms with Gasteiger partial charge in [-0.15, -0.1) is 0 Å². The van der Waals surface area contributed by atoms with Gasteiger partial charge in [-0.05, 0) is 30.7 Å². The number of nitrogens with zero attached hydrogens (tertiary/aromatic N) is 3. The van der Waals surface area contributed by atoms with Crippen molar-refractivity contribution in [3.63, 3.8) is 0 Å². The number of rotatable bonds is 6. The lowest BCUT2D eigenvalue weighted by molar-refractivity contribution is -0.126. The van der Waals surface area contributed by atoms with Crippen molar-refractivity contribution in [1.29, 1.82) is 5.41 Å². The van der Waals surface area contributed by atoms with Crippen LogP contribution in [-0.4, -0.2) is 35.2 Å². The van der Waals surface area contributed by atoms with E-state index in [9.17, 15) is 4.79 Å². The molecule has 0 bridgehead atoms. The molecule has 0 saturated carbocycles. The zero-order valence-electron chi connectivity index (χ0n) is 14.1. The number of nitrogens with one attached hydrogen (secondary N) is 2. The Morgan fingerprint density at radius 1 is 1.20 bits per heavy atom. The van der Waals surface area contributed by atoms with Gasteiger partial charge < -0.3 is 15.6 Å². The van der Waals surface area contributed by atoms with Crippen molar-refractivity contribution in [2.75, 3.05) is 18.0 Å². The highest BCUT2D eigenvalue weighted by molar-refractivity contribution is 5.79. The second kappa shape index (κ2) is 8.37. The van der Waals surface area contributed by atoms with Crippen molar-refractivity contribution in [3.8, 4) is 0 Å². The van der Waals surface area contributed by atoms with Crippen LogP contribution >= 0.6 is 0 Å². The quantitative estimate of drug-likeness (QED) is 0.794. The first-order chi connectivity index (χ1) is 12.3. The topological polar surface area (TPSA) is 82.0 Å². The number of hydrogen-bond donors (Lipinski definition) is 2. The Balaban J connectivity index is 1.57. The van der Waals surface area contributed by atoms with Crippen LogP contribution in [0, 0.1) is 11.3 Å². The number of hydrogen-bond acceptors (Lipinski definition) is 5. The molecule has 3 rings (SSSR count). The lowest BCUT2D eigenvalue weighted by Gasteiger charge is -2.32. The average molecular weight is 337 g/mol. The molecule has 25 heavy (non-hydrogen) atoms. The van der Waals surface area contributed by atoms with E-state index >= 15 is 0 Å². The van der Waals surface area contributed by atoms with Gasteiger partial charge in [-0.2, -0.15) is 0 Å². The van der Waals surface area contributed by atoms with Gasteiger partial charge in [0.25, 0.3) is 0 Å². The molecule has 1 amide bonds. The highest BCUT2D eigenvalue weighted by Crippen LogP contribution is 2.22. The summed E-state index contributed by atoms with van der Waals surface area (Å²) < 4.78 is 0. The summed E-state index contributed by atoms with van der Waals surface area (Å²) in [6.45, 7) is 1.56. The summed E-state index contributed by atoms with van der Waals surface area (Å²) >= 11 is 0. The number of piperidine rings is 1. The lowest BCUT2D eigenvalue weighted by Crippen LogP contribution is -2.42. The van der Waals surface area contributed by atoms with Crippen LogP contribution in [0.1, 0.15) is 30.9 Å². The summed E-state index contributed by atoms with van der Waals surface area (Å²) in [7, 11) is 0. The van der Waals surface area contributed by atoms with E-state index in [1.165, 1.54) is 6.21 Å². The highest BCUT2D eigenvalue weighted by Gasteiger charge is 2.27. The van der Waals surface area contributed by atoms with Gasteiger partial charge in [0.1, 0.15) is 0 Å². The third-order valence-corrected chi connectivity index (χ3v) is 4.57. The Labute approximate surface area is 147 Å². The minimum atomic E-state index is -0.137. The van der Waals surface area contributed by atoms with E-state index in [1.807, 2.05) is 30.3 Å². The first-order valence-electron chi connectivity index (χ1n) is 8.64. The third kappa shape index (κ3) is 4.41. The molecule has 0 spiro atoms. The van der Waals surface area contributed by atoms with Crippen molar-refractivity contribution in [3.05, 3.63) is 54.4 Å². The van der Waals surface area contributed by atoms with Crippen LogP contribution in [0.25, 0.3) is 0 Å². The molecule has 6 nitrogen and oxygen atoms in total. The second-order valence-corrected chi connectivity index (χ2v) is 6.22. The molecular formula is C19H23N5O. The van der Waals surface area contributed by atoms with Crippen LogP contribution in [0.2, 0.25) is 0 Å². The van der Waals surface area contributed by atoms with Crippen LogP contribution < -0.4 is 10.2 Å². The smallest absolute Gasteiger partial charge is 0.225 e. The molecule has 0 radical (unpaired) electrons. The second-order valence-electron chi connectivity index (χ2n) is 6.22. The maximum atomic E-state index is 12.7. The highest BCUT2D eigenvalue weighted by atomic mass is 16.1. The molecule has 1 saturated heterocycles. The molecule has 130 valence electrons. The fourth-order valence-electron chi connectivity index (χ4n) is 3.17. The summed E-state index contributed by atoms with van der Waals surface area (Å²) in [5.74, 6) is 0.800. The fourth-order valence-corrected chi connectivity index (χ4v) is 3.17. The Kier molecular flexibility index (Phi) is 5.72. The summed E-state index contributed by atoms with van der Waals surface area (Å²) in [4.78, 5) is 23.3. The molecule has 1 aliphatic rings. The molecule has 2 aromatic rings. The Hall–Kier alpha value is -2.76. The molecule has 1 fully saturated rings. The van der Waals surface area contributed by atoms with E-state index in [1.54, 1.807) is 18.5 Å². The maximum Gasteiger partial charge on any atom is 0.225 e.